The molecule has 3 heteroatoms. The number of pyridine rings is 1. The number of nitrogens with one attached hydrogen (secondary N) is 1. The Morgan fingerprint density at radius 1 is 1.10 bits per heavy atom. The van der Waals surface area contributed by atoms with E-state index >= 15 is 0 Å². The highest BCUT2D eigenvalue weighted by Crippen LogP contribution is 2.48. The van der Waals surface area contributed by atoms with Crippen LogP contribution in [0.5, 0.6) is 0 Å². The van der Waals surface area contributed by atoms with Crippen molar-refractivity contribution in [1.29, 1.82) is 0 Å². The number of amides is 1. The first kappa shape index (κ1) is 11.9. The van der Waals surface area contributed by atoms with E-state index in [0.717, 1.165) is 23.2 Å². The van der Waals surface area contributed by atoms with Gasteiger partial charge in [-0.15, -0.1) is 0 Å². The minimum absolute atomic E-state index is 0.167. The molecular formula is C17H18N2O. The van der Waals surface area contributed by atoms with Gasteiger partial charge in [0.05, 0.1) is 5.52 Å². The maximum Gasteiger partial charge on any atom is 0.228 e. The zero-order valence-electron chi connectivity index (χ0n) is 11.4. The summed E-state index contributed by atoms with van der Waals surface area (Å²) in [4.78, 5) is 16.9. The van der Waals surface area contributed by atoms with Crippen molar-refractivity contribution in [3.8, 4) is 0 Å². The third kappa shape index (κ3) is 1.98. The van der Waals surface area contributed by atoms with Crippen molar-refractivity contribution in [1.82, 2.24) is 4.98 Å². The highest BCUT2D eigenvalue weighted by atomic mass is 16.2. The summed E-state index contributed by atoms with van der Waals surface area (Å²) >= 11 is 0. The highest BCUT2D eigenvalue weighted by molar-refractivity contribution is 5.93. The largest absolute Gasteiger partial charge is 0.310 e. The lowest BCUT2D eigenvalue weighted by molar-refractivity contribution is -0.121. The summed E-state index contributed by atoms with van der Waals surface area (Å²) in [6, 6.07) is 11.9. The number of anilines is 1. The molecule has 20 heavy (non-hydrogen) atoms. The Bertz CT molecular complexity index is 667. The molecule has 3 atom stereocenters. The van der Waals surface area contributed by atoms with Crippen molar-refractivity contribution in [3.05, 3.63) is 36.4 Å². The van der Waals surface area contributed by atoms with Crippen LogP contribution in [-0.2, 0) is 4.79 Å². The molecule has 2 aliphatic carbocycles. The average Bonchev–Trinajstić information content (AvgIpc) is 3.10. The molecule has 1 N–H and O–H groups in total. The lowest BCUT2D eigenvalue weighted by Crippen LogP contribution is -2.27. The Morgan fingerprint density at radius 3 is 2.80 bits per heavy atom. The van der Waals surface area contributed by atoms with E-state index in [9.17, 15) is 4.79 Å². The fourth-order valence-electron chi connectivity index (χ4n) is 3.92. The summed E-state index contributed by atoms with van der Waals surface area (Å²) in [7, 11) is 0. The summed E-state index contributed by atoms with van der Waals surface area (Å²) in [5.74, 6) is 2.46. The molecule has 0 unspecified atom stereocenters. The van der Waals surface area contributed by atoms with Gasteiger partial charge < -0.3 is 5.32 Å². The van der Waals surface area contributed by atoms with Crippen LogP contribution in [0.25, 0.3) is 10.9 Å². The van der Waals surface area contributed by atoms with Gasteiger partial charge in [-0.05, 0) is 49.3 Å². The number of nitrogens with zero attached hydrogens (tertiary/aromatic N) is 1. The monoisotopic (exact) mass is 266 g/mol. The van der Waals surface area contributed by atoms with E-state index in [0.29, 0.717) is 11.7 Å². The van der Waals surface area contributed by atoms with Crippen LogP contribution in [0.1, 0.15) is 25.7 Å². The van der Waals surface area contributed by atoms with Gasteiger partial charge in [0, 0.05) is 11.3 Å². The van der Waals surface area contributed by atoms with E-state index in [-0.39, 0.29) is 11.8 Å². The highest BCUT2D eigenvalue weighted by Gasteiger charge is 2.43. The summed E-state index contributed by atoms with van der Waals surface area (Å²) in [5, 5.41) is 4.11. The van der Waals surface area contributed by atoms with Crippen molar-refractivity contribution in [2.24, 2.45) is 17.8 Å². The lowest BCUT2D eigenvalue weighted by Gasteiger charge is -2.20. The van der Waals surface area contributed by atoms with Gasteiger partial charge in [0.1, 0.15) is 5.82 Å². The summed E-state index contributed by atoms with van der Waals surface area (Å²) in [5.41, 5.74) is 0.929. The van der Waals surface area contributed by atoms with Crippen LogP contribution in [-0.4, -0.2) is 10.9 Å². The zero-order valence-corrected chi connectivity index (χ0v) is 11.4. The van der Waals surface area contributed by atoms with Crippen molar-refractivity contribution >= 4 is 22.6 Å². The fourth-order valence-corrected chi connectivity index (χ4v) is 3.92. The molecule has 2 saturated carbocycles. The molecule has 102 valence electrons. The second kappa shape index (κ2) is 4.58. The van der Waals surface area contributed by atoms with Crippen LogP contribution in [0.4, 0.5) is 5.82 Å². The standard InChI is InChI=1S/C17H18N2O/c20-17(14-10-11-5-6-13(14)9-11)19-16-8-7-12-3-1-2-4-15(12)18-16/h1-4,7-8,11,13-14H,5-6,9-10H2,(H,18,19,20)/t11-,13-,14+/m0/s1. The molecule has 1 heterocycles. The van der Waals surface area contributed by atoms with Gasteiger partial charge in [0.25, 0.3) is 0 Å². The topological polar surface area (TPSA) is 42.0 Å². The Kier molecular flexibility index (Phi) is 2.72. The van der Waals surface area contributed by atoms with E-state index in [4.69, 9.17) is 0 Å². The minimum Gasteiger partial charge on any atom is -0.310 e. The van der Waals surface area contributed by atoms with Crippen LogP contribution in [0, 0.1) is 17.8 Å². The van der Waals surface area contributed by atoms with Crippen LogP contribution in [0.3, 0.4) is 0 Å². The molecule has 3 nitrogen and oxygen atoms in total. The van der Waals surface area contributed by atoms with E-state index in [1.165, 1.54) is 19.3 Å². The molecule has 2 fully saturated rings. The SMILES string of the molecule is O=C(Nc1ccc2ccccc2n1)[C@@H]1C[C@H]2CC[C@H]1C2. The molecule has 2 aromatic rings. The molecular weight excluding hydrogens is 248 g/mol. The number of para-hydroxylation sites is 1. The van der Waals surface area contributed by atoms with E-state index in [1.807, 2.05) is 36.4 Å². The normalized spacial score (nSPS) is 27.9. The third-order valence-corrected chi connectivity index (χ3v) is 4.92. The predicted octanol–water partition coefficient (Wildman–Crippen LogP) is 3.61. The Hall–Kier alpha value is -1.90. The summed E-state index contributed by atoms with van der Waals surface area (Å²) in [6.07, 6.45) is 4.88. The number of carbonyl (C=O) groups excluding carboxylic acids is 1. The molecule has 0 aliphatic heterocycles. The van der Waals surface area contributed by atoms with Gasteiger partial charge in [-0.3, -0.25) is 4.79 Å². The Balaban J connectivity index is 1.53. The Labute approximate surface area is 118 Å². The van der Waals surface area contributed by atoms with Crippen LogP contribution in [0.2, 0.25) is 0 Å². The smallest absolute Gasteiger partial charge is 0.228 e. The number of fused-ring (bicyclic) bond motifs is 3. The summed E-state index contributed by atoms with van der Waals surface area (Å²) in [6.45, 7) is 0. The van der Waals surface area contributed by atoms with E-state index in [2.05, 4.69) is 10.3 Å². The molecule has 1 aromatic carbocycles. The molecule has 1 aromatic heterocycles. The number of rotatable bonds is 2. The van der Waals surface area contributed by atoms with Gasteiger partial charge in [0.15, 0.2) is 0 Å². The first-order valence-electron chi connectivity index (χ1n) is 7.46. The second-order valence-electron chi connectivity index (χ2n) is 6.16. The van der Waals surface area contributed by atoms with E-state index < -0.39 is 0 Å². The molecule has 2 aliphatic rings. The van der Waals surface area contributed by atoms with Gasteiger partial charge in [0.2, 0.25) is 5.91 Å². The van der Waals surface area contributed by atoms with Gasteiger partial charge in [-0.25, -0.2) is 4.98 Å². The molecule has 1 amide bonds. The van der Waals surface area contributed by atoms with Gasteiger partial charge in [-0.1, -0.05) is 24.6 Å². The van der Waals surface area contributed by atoms with Crippen molar-refractivity contribution in [2.75, 3.05) is 5.32 Å². The molecule has 4 rings (SSSR count). The summed E-state index contributed by atoms with van der Waals surface area (Å²) < 4.78 is 0. The molecule has 0 radical (unpaired) electrons. The lowest BCUT2D eigenvalue weighted by atomic mass is 9.88. The number of carbonyl (C=O) groups is 1. The number of benzene rings is 1. The van der Waals surface area contributed by atoms with Crippen molar-refractivity contribution in [3.63, 3.8) is 0 Å². The first-order chi connectivity index (χ1) is 9.79. The maximum atomic E-state index is 12.4. The van der Waals surface area contributed by atoms with Crippen molar-refractivity contribution in [2.45, 2.75) is 25.7 Å². The maximum absolute atomic E-state index is 12.4. The fraction of sp³-hybridized carbons (Fsp3) is 0.412. The number of hydrogen-bond acceptors (Lipinski definition) is 2. The zero-order chi connectivity index (χ0) is 13.5. The Morgan fingerprint density at radius 2 is 2.00 bits per heavy atom. The second-order valence-corrected chi connectivity index (χ2v) is 6.16. The van der Waals surface area contributed by atoms with Crippen LogP contribution < -0.4 is 5.32 Å². The van der Waals surface area contributed by atoms with E-state index in [1.54, 1.807) is 0 Å². The minimum atomic E-state index is 0.167. The van der Waals surface area contributed by atoms with Crippen LogP contribution >= 0.6 is 0 Å². The predicted molar refractivity (Wildman–Crippen MR) is 79.3 cm³/mol. The van der Waals surface area contributed by atoms with Gasteiger partial charge >= 0.3 is 0 Å². The van der Waals surface area contributed by atoms with Crippen LogP contribution in [0.15, 0.2) is 36.4 Å². The third-order valence-electron chi connectivity index (χ3n) is 4.92. The molecule has 0 saturated heterocycles. The molecule has 2 bridgehead atoms. The molecule has 0 spiro atoms. The first-order valence-corrected chi connectivity index (χ1v) is 7.46. The van der Waals surface area contributed by atoms with Crippen molar-refractivity contribution < 1.29 is 4.79 Å². The number of aromatic nitrogens is 1. The quantitative estimate of drug-likeness (QED) is 0.902. The number of hydrogen-bond donors (Lipinski definition) is 1. The van der Waals surface area contributed by atoms with Gasteiger partial charge in [-0.2, -0.15) is 0 Å². The average molecular weight is 266 g/mol.